The lowest BCUT2D eigenvalue weighted by molar-refractivity contribution is 0.0692. The molecule has 8 heteroatoms. The molecule has 3 aromatic rings. The first-order chi connectivity index (χ1) is 13.3. The number of carboxylic acids is 1. The molecule has 1 aliphatic rings. The summed E-state index contributed by atoms with van der Waals surface area (Å²) in [7, 11) is -4.15. The van der Waals surface area contributed by atoms with Crippen molar-refractivity contribution < 1.29 is 23.1 Å². The molecule has 0 aliphatic carbocycles. The molecule has 0 aromatic heterocycles. The second-order valence-corrected chi connectivity index (χ2v) is 7.97. The van der Waals surface area contributed by atoms with Gasteiger partial charge in [0.15, 0.2) is 0 Å². The Morgan fingerprint density at radius 2 is 1.82 bits per heavy atom. The van der Waals surface area contributed by atoms with Crippen LogP contribution in [0.25, 0.3) is 10.8 Å². The molecule has 28 heavy (non-hydrogen) atoms. The third kappa shape index (κ3) is 2.61. The second kappa shape index (κ2) is 6.35. The Balaban J connectivity index is 1.86. The van der Waals surface area contributed by atoms with E-state index in [4.69, 9.17) is 0 Å². The van der Waals surface area contributed by atoms with Crippen LogP contribution in [0.15, 0.2) is 59.5 Å². The van der Waals surface area contributed by atoms with Crippen LogP contribution in [0.3, 0.4) is 0 Å². The minimum Gasteiger partial charge on any atom is -0.478 e. The Hall–Kier alpha value is -3.39. The molecule has 142 valence electrons. The van der Waals surface area contributed by atoms with Crippen molar-refractivity contribution in [1.82, 2.24) is 0 Å². The van der Waals surface area contributed by atoms with Crippen LogP contribution in [-0.2, 0) is 10.0 Å². The average molecular weight is 396 g/mol. The first-order valence-corrected chi connectivity index (χ1v) is 10.1. The zero-order valence-corrected chi connectivity index (χ0v) is 15.7. The highest BCUT2D eigenvalue weighted by molar-refractivity contribution is 7.92. The van der Waals surface area contributed by atoms with E-state index in [0.717, 1.165) is 5.69 Å². The van der Waals surface area contributed by atoms with Gasteiger partial charge in [-0.05, 0) is 37.3 Å². The van der Waals surface area contributed by atoms with Gasteiger partial charge in [0.1, 0.15) is 4.90 Å². The quantitative estimate of drug-likeness (QED) is 0.689. The van der Waals surface area contributed by atoms with Gasteiger partial charge in [0.25, 0.3) is 15.9 Å². The van der Waals surface area contributed by atoms with Crippen molar-refractivity contribution in [3.05, 3.63) is 65.7 Å². The number of carbonyl (C=O) groups is 2. The highest BCUT2D eigenvalue weighted by atomic mass is 32.2. The van der Waals surface area contributed by atoms with Gasteiger partial charge in [-0.1, -0.05) is 24.3 Å². The molecule has 1 aliphatic heterocycles. The molecule has 0 saturated heterocycles. The third-order valence-corrected chi connectivity index (χ3v) is 6.18. The largest absolute Gasteiger partial charge is 0.478 e. The van der Waals surface area contributed by atoms with Crippen molar-refractivity contribution in [2.45, 2.75) is 11.8 Å². The van der Waals surface area contributed by atoms with E-state index in [0.29, 0.717) is 22.9 Å². The Morgan fingerprint density at radius 3 is 2.54 bits per heavy atom. The van der Waals surface area contributed by atoms with Gasteiger partial charge in [-0.25, -0.2) is 13.2 Å². The van der Waals surface area contributed by atoms with Gasteiger partial charge in [-0.3, -0.25) is 9.52 Å². The molecule has 0 atom stereocenters. The SMILES string of the molecule is CCN1C(=O)c2cccc3c(NS(=O)(=O)c4ccccc4C(=O)O)ccc1c23. The maximum atomic E-state index is 12.9. The van der Waals surface area contributed by atoms with Crippen LogP contribution in [0.2, 0.25) is 0 Å². The van der Waals surface area contributed by atoms with Gasteiger partial charge in [0.05, 0.1) is 16.9 Å². The molecule has 0 fully saturated rings. The summed E-state index contributed by atoms with van der Waals surface area (Å²) in [6.07, 6.45) is 0. The molecule has 7 nitrogen and oxygen atoms in total. The lowest BCUT2D eigenvalue weighted by Gasteiger charge is -2.16. The fourth-order valence-electron chi connectivity index (χ4n) is 3.53. The molecule has 0 radical (unpaired) electrons. The number of rotatable bonds is 5. The molecule has 0 unspecified atom stereocenters. The topological polar surface area (TPSA) is 104 Å². The van der Waals surface area contributed by atoms with E-state index >= 15 is 0 Å². The van der Waals surface area contributed by atoms with E-state index in [9.17, 15) is 23.1 Å². The summed E-state index contributed by atoms with van der Waals surface area (Å²) in [5.74, 6) is -1.45. The number of nitrogens with one attached hydrogen (secondary N) is 1. The summed E-state index contributed by atoms with van der Waals surface area (Å²) in [5.41, 5.74) is 1.22. The van der Waals surface area contributed by atoms with E-state index in [1.54, 1.807) is 35.2 Å². The zero-order chi connectivity index (χ0) is 20.1. The summed E-state index contributed by atoms with van der Waals surface area (Å²) in [4.78, 5) is 25.3. The highest BCUT2D eigenvalue weighted by Gasteiger charge is 2.30. The summed E-state index contributed by atoms with van der Waals surface area (Å²) in [5, 5.41) is 10.6. The standard InChI is InChI=1S/C20H16N2O5S/c1-2-22-16-11-10-15(12-7-5-8-14(18(12)16)19(22)23)21-28(26,27)17-9-4-3-6-13(17)20(24)25/h3-11,21H,2H2,1H3,(H,24,25). The van der Waals surface area contributed by atoms with Crippen LogP contribution in [0, 0.1) is 0 Å². The van der Waals surface area contributed by atoms with Gasteiger partial charge in [0.2, 0.25) is 0 Å². The van der Waals surface area contributed by atoms with Crippen LogP contribution < -0.4 is 9.62 Å². The minimum atomic E-state index is -4.15. The van der Waals surface area contributed by atoms with Gasteiger partial charge in [-0.15, -0.1) is 0 Å². The lowest BCUT2D eigenvalue weighted by Crippen LogP contribution is -2.25. The van der Waals surface area contributed by atoms with Crippen LogP contribution in [0.1, 0.15) is 27.6 Å². The van der Waals surface area contributed by atoms with Crippen molar-refractivity contribution in [2.75, 3.05) is 16.2 Å². The third-order valence-electron chi connectivity index (χ3n) is 4.75. The van der Waals surface area contributed by atoms with Crippen molar-refractivity contribution in [3.63, 3.8) is 0 Å². The number of benzene rings is 3. The first kappa shape index (κ1) is 18.0. The van der Waals surface area contributed by atoms with Gasteiger partial charge < -0.3 is 10.0 Å². The summed E-state index contributed by atoms with van der Waals surface area (Å²) >= 11 is 0. The number of anilines is 2. The van der Waals surface area contributed by atoms with E-state index in [-0.39, 0.29) is 22.1 Å². The Kier molecular flexibility index (Phi) is 4.08. The van der Waals surface area contributed by atoms with E-state index in [2.05, 4.69) is 4.72 Å². The molecule has 0 bridgehead atoms. The fourth-order valence-corrected chi connectivity index (χ4v) is 4.81. The normalized spacial score (nSPS) is 13.2. The number of aromatic carboxylic acids is 1. The molecule has 0 spiro atoms. The van der Waals surface area contributed by atoms with Gasteiger partial charge >= 0.3 is 5.97 Å². The predicted octanol–water partition coefficient (Wildman–Crippen LogP) is 3.32. The predicted molar refractivity (Wildman–Crippen MR) is 106 cm³/mol. The Bertz CT molecular complexity index is 1250. The van der Waals surface area contributed by atoms with Crippen LogP contribution in [0.4, 0.5) is 11.4 Å². The number of sulfonamides is 1. The summed E-state index contributed by atoms with van der Waals surface area (Å²) in [6.45, 7) is 2.37. The molecule has 3 aromatic carbocycles. The number of carboxylic acid groups (broad SMARTS) is 1. The number of nitrogens with zero attached hydrogens (tertiary/aromatic N) is 1. The Labute approximate surface area is 161 Å². The highest BCUT2D eigenvalue weighted by Crippen LogP contribution is 2.41. The molecule has 4 rings (SSSR count). The van der Waals surface area contributed by atoms with Crippen molar-refractivity contribution in [3.8, 4) is 0 Å². The summed E-state index contributed by atoms with van der Waals surface area (Å²) < 4.78 is 28.3. The molecule has 1 amide bonds. The van der Waals surface area contributed by atoms with E-state index in [1.165, 1.54) is 24.3 Å². The Morgan fingerprint density at radius 1 is 1.07 bits per heavy atom. The fraction of sp³-hybridized carbons (Fsp3) is 0.100. The van der Waals surface area contributed by atoms with E-state index < -0.39 is 16.0 Å². The number of hydrogen-bond donors (Lipinski definition) is 2. The van der Waals surface area contributed by atoms with Crippen molar-refractivity contribution >= 4 is 44.0 Å². The zero-order valence-electron chi connectivity index (χ0n) is 14.8. The van der Waals surface area contributed by atoms with Crippen molar-refractivity contribution in [1.29, 1.82) is 0 Å². The molecule has 0 saturated carbocycles. The summed E-state index contributed by atoms with van der Waals surface area (Å²) in [6, 6.07) is 13.8. The van der Waals surface area contributed by atoms with Crippen LogP contribution in [0.5, 0.6) is 0 Å². The molecular formula is C20H16N2O5S. The number of hydrogen-bond acceptors (Lipinski definition) is 4. The maximum Gasteiger partial charge on any atom is 0.337 e. The number of amides is 1. The maximum absolute atomic E-state index is 12.9. The molecular weight excluding hydrogens is 380 g/mol. The first-order valence-electron chi connectivity index (χ1n) is 8.58. The smallest absolute Gasteiger partial charge is 0.337 e. The van der Waals surface area contributed by atoms with Gasteiger partial charge in [-0.2, -0.15) is 0 Å². The molecule has 2 N–H and O–H groups in total. The molecule has 1 heterocycles. The number of carbonyl (C=O) groups excluding carboxylic acids is 1. The van der Waals surface area contributed by atoms with Crippen LogP contribution >= 0.6 is 0 Å². The van der Waals surface area contributed by atoms with E-state index in [1.807, 2.05) is 6.92 Å². The monoisotopic (exact) mass is 396 g/mol. The second-order valence-electron chi connectivity index (χ2n) is 6.32. The van der Waals surface area contributed by atoms with Gasteiger partial charge in [0, 0.05) is 22.9 Å². The average Bonchev–Trinajstić information content (AvgIpc) is 2.96. The van der Waals surface area contributed by atoms with Crippen molar-refractivity contribution in [2.24, 2.45) is 0 Å². The minimum absolute atomic E-state index is 0.126. The van der Waals surface area contributed by atoms with Crippen LogP contribution in [-0.4, -0.2) is 31.9 Å². The lowest BCUT2D eigenvalue weighted by atomic mass is 10.0.